The lowest BCUT2D eigenvalue weighted by Crippen LogP contribution is -2.54. The van der Waals surface area contributed by atoms with Gasteiger partial charge in [-0.15, -0.1) is 0 Å². The van der Waals surface area contributed by atoms with E-state index in [0.29, 0.717) is 0 Å². The van der Waals surface area contributed by atoms with Gasteiger partial charge in [0.2, 0.25) is 5.91 Å². The lowest BCUT2D eigenvalue weighted by atomic mass is 9.61. The lowest BCUT2D eigenvalue weighted by molar-refractivity contribution is -0.148. The monoisotopic (exact) mass is 298 g/mol. The first-order valence-electron chi connectivity index (χ1n) is 7.76. The molecule has 0 aromatic heterocycles. The molecule has 0 saturated heterocycles. The summed E-state index contributed by atoms with van der Waals surface area (Å²) in [5, 5.41) is 2.87. The van der Waals surface area contributed by atoms with Crippen molar-refractivity contribution in [3.05, 3.63) is 0 Å². The molecule has 0 radical (unpaired) electrons. The van der Waals surface area contributed by atoms with Gasteiger partial charge in [-0.2, -0.15) is 0 Å². The number of ether oxygens (including phenoxy) is 1. The quantitative estimate of drug-likeness (QED) is 0.774. The molecule has 1 saturated carbocycles. The fourth-order valence-corrected chi connectivity index (χ4v) is 3.20. The van der Waals surface area contributed by atoms with Gasteiger partial charge < -0.3 is 15.8 Å². The van der Waals surface area contributed by atoms with Crippen LogP contribution in [-0.2, 0) is 14.3 Å². The fourth-order valence-electron chi connectivity index (χ4n) is 3.20. The van der Waals surface area contributed by atoms with Crippen molar-refractivity contribution in [3.63, 3.8) is 0 Å². The van der Waals surface area contributed by atoms with Crippen LogP contribution < -0.4 is 11.1 Å². The van der Waals surface area contributed by atoms with Gasteiger partial charge in [-0.1, -0.05) is 34.6 Å². The predicted octanol–water partition coefficient (Wildman–Crippen LogP) is 1.70. The zero-order valence-corrected chi connectivity index (χ0v) is 14.1. The number of methoxy groups -OCH3 is 1. The second-order valence-electron chi connectivity index (χ2n) is 7.16. The molecule has 1 aliphatic carbocycles. The Kier molecular flexibility index (Phi) is 5.79. The molecule has 0 bridgehead atoms. The van der Waals surface area contributed by atoms with Crippen molar-refractivity contribution in [1.29, 1.82) is 0 Å². The van der Waals surface area contributed by atoms with Crippen molar-refractivity contribution in [3.8, 4) is 0 Å². The summed E-state index contributed by atoms with van der Waals surface area (Å²) < 4.78 is 4.78. The van der Waals surface area contributed by atoms with Crippen LogP contribution in [0.25, 0.3) is 0 Å². The number of nitrogens with one attached hydrogen (secondary N) is 1. The van der Waals surface area contributed by atoms with Crippen molar-refractivity contribution in [2.24, 2.45) is 28.9 Å². The summed E-state index contributed by atoms with van der Waals surface area (Å²) in [5.41, 5.74) is 5.95. The Hall–Kier alpha value is -1.10. The van der Waals surface area contributed by atoms with E-state index in [1.54, 1.807) is 0 Å². The Morgan fingerprint density at radius 1 is 1.29 bits per heavy atom. The van der Waals surface area contributed by atoms with Crippen LogP contribution in [0.5, 0.6) is 0 Å². The number of rotatable bonds is 4. The molecule has 1 amide bonds. The van der Waals surface area contributed by atoms with Crippen LogP contribution in [-0.4, -0.2) is 31.1 Å². The number of carbonyl (C=O) groups is 2. The van der Waals surface area contributed by atoms with Gasteiger partial charge in [0, 0.05) is 12.0 Å². The highest BCUT2D eigenvalue weighted by atomic mass is 16.5. The molecule has 0 aromatic rings. The smallest absolute Gasteiger partial charge is 0.328 e. The van der Waals surface area contributed by atoms with E-state index in [9.17, 15) is 9.59 Å². The highest BCUT2D eigenvalue weighted by molar-refractivity contribution is 5.86. The maximum atomic E-state index is 12.6. The van der Waals surface area contributed by atoms with Gasteiger partial charge in [0.25, 0.3) is 0 Å². The van der Waals surface area contributed by atoms with E-state index < -0.39 is 12.0 Å². The molecule has 4 atom stereocenters. The summed E-state index contributed by atoms with van der Waals surface area (Å²) in [6.45, 7) is 10.1. The van der Waals surface area contributed by atoms with E-state index in [2.05, 4.69) is 26.1 Å². The summed E-state index contributed by atoms with van der Waals surface area (Å²) in [7, 11) is 1.34. The first-order valence-corrected chi connectivity index (χ1v) is 7.76. The Morgan fingerprint density at radius 2 is 1.86 bits per heavy atom. The number of carbonyl (C=O) groups excluding carboxylic acids is 2. The van der Waals surface area contributed by atoms with Crippen LogP contribution >= 0.6 is 0 Å². The average molecular weight is 298 g/mol. The largest absolute Gasteiger partial charge is 0.467 e. The molecule has 5 heteroatoms. The Balaban J connectivity index is 2.85. The highest BCUT2D eigenvalue weighted by Crippen LogP contribution is 2.44. The standard InChI is InChI=1S/C16H30N2O3/c1-9(2)13(15(20)21-6)18-14(19)11-7-8-12(17)10(3)16(11,4)5/h9-13H,7-8,17H2,1-6H3,(H,18,19). The third-order valence-electron chi connectivity index (χ3n) is 5.24. The minimum Gasteiger partial charge on any atom is -0.467 e. The van der Waals surface area contributed by atoms with Crippen LogP contribution in [0.4, 0.5) is 0 Å². The van der Waals surface area contributed by atoms with E-state index in [0.717, 1.165) is 12.8 Å². The average Bonchev–Trinajstić information content (AvgIpc) is 2.40. The zero-order chi connectivity index (χ0) is 16.4. The second-order valence-corrected chi connectivity index (χ2v) is 7.16. The Bertz CT molecular complexity index is 393. The summed E-state index contributed by atoms with van der Waals surface area (Å²) in [6.07, 6.45) is 1.60. The van der Waals surface area contributed by atoms with Gasteiger partial charge >= 0.3 is 5.97 Å². The van der Waals surface area contributed by atoms with Crippen molar-refractivity contribution in [1.82, 2.24) is 5.32 Å². The molecule has 4 unspecified atom stereocenters. The molecule has 0 aromatic carbocycles. The third kappa shape index (κ3) is 3.76. The molecule has 1 aliphatic rings. The van der Waals surface area contributed by atoms with E-state index in [-0.39, 0.29) is 35.1 Å². The predicted molar refractivity (Wildman–Crippen MR) is 82.4 cm³/mol. The zero-order valence-electron chi connectivity index (χ0n) is 14.1. The van der Waals surface area contributed by atoms with E-state index in [4.69, 9.17) is 10.5 Å². The molecule has 3 N–H and O–H groups in total. The van der Waals surface area contributed by atoms with E-state index >= 15 is 0 Å². The number of hydrogen-bond donors (Lipinski definition) is 2. The maximum absolute atomic E-state index is 12.6. The Morgan fingerprint density at radius 3 is 2.33 bits per heavy atom. The summed E-state index contributed by atoms with van der Waals surface area (Å²) >= 11 is 0. The maximum Gasteiger partial charge on any atom is 0.328 e. The first kappa shape index (κ1) is 18.0. The lowest BCUT2D eigenvalue weighted by Gasteiger charge is -2.46. The third-order valence-corrected chi connectivity index (χ3v) is 5.24. The van der Waals surface area contributed by atoms with Crippen LogP contribution in [0, 0.1) is 23.2 Å². The molecule has 0 aliphatic heterocycles. The number of hydrogen-bond acceptors (Lipinski definition) is 4. The van der Waals surface area contributed by atoms with Crippen molar-refractivity contribution >= 4 is 11.9 Å². The summed E-state index contributed by atoms with van der Waals surface area (Å²) in [4.78, 5) is 24.4. The van der Waals surface area contributed by atoms with Gasteiger partial charge in [0.15, 0.2) is 0 Å². The van der Waals surface area contributed by atoms with Gasteiger partial charge in [0.1, 0.15) is 6.04 Å². The van der Waals surface area contributed by atoms with Crippen LogP contribution in [0.1, 0.15) is 47.5 Å². The topological polar surface area (TPSA) is 81.4 Å². The second kappa shape index (κ2) is 6.77. The SMILES string of the molecule is COC(=O)C(NC(=O)C1CCC(N)C(C)C1(C)C)C(C)C. The molecule has 1 fully saturated rings. The minimum atomic E-state index is -0.593. The molecule has 0 spiro atoms. The molecule has 5 nitrogen and oxygen atoms in total. The summed E-state index contributed by atoms with van der Waals surface area (Å²) in [6, 6.07) is -0.463. The van der Waals surface area contributed by atoms with Crippen molar-refractivity contribution in [2.45, 2.75) is 59.5 Å². The highest BCUT2D eigenvalue weighted by Gasteiger charge is 2.45. The van der Waals surface area contributed by atoms with Crippen molar-refractivity contribution in [2.75, 3.05) is 7.11 Å². The molecule has 0 heterocycles. The van der Waals surface area contributed by atoms with Crippen molar-refractivity contribution < 1.29 is 14.3 Å². The summed E-state index contributed by atoms with van der Waals surface area (Å²) in [5.74, 6) is -0.330. The van der Waals surface area contributed by atoms with E-state index in [1.807, 2.05) is 13.8 Å². The molecule has 122 valence electrons. The fraction of sp³-hybridized carbons (Fsp3) is 0.875. The minimum absolute atomic E-state index is 0.00668. The van der Waals surface area contributed by atoms with Gasteiger partial charge in [0.05, 0.1) is 7.11 Å². The normalized spacial score (nSPS) is 29.8. The van der Waals surface area contributed by atoms with Crippen LogP contribution in [0.15, 0.2) is 0 Å². The van der Waals surface area contributed by atoms with Gasteiger partial charge in [-0.3, -0.25) is 4.79 Å². The molecular weight excluding hydrogens is 268 g/mol. The van der Waals surface area contributed by atoms with Gasteiger partial charge in [-0.05, 0) is 30.1 Å². The number of esters is 1. The van der Waals surface area contributed by atoms with Crippen LogP contribution in [0.2, 0.25) is 0 Å². The first-order chi connectivity index (χ1) is 9.62. The molecular formula is C16H30N2O3. The Labute approximate surface area is 128 Å². The molecule has 21 heavy (non-hydrogen) atoms. The molecule has 1 rings (SSSR count). The number of nitrogens with two attached hydrogens (primary N) is 1. The van der Waals surface area contributed by atoms with E-state index in [1.165, 1.54) is 7.11 Å². The number of amides is 1. The van der Waals surface area contributed by atoms with Crippen LogP contribution in [0.3, 0.4) is 0 Å². The van der Waals surface area contributed by atoms with Gasteiger partial charge in [-0.25, -0.2) is 4.79 Å².